The van der Waals surface area contributed by atoms with Gasteiger partial charge in [0.25, 0.3) is 0 Å². The molecule has 0 unspecified atom stereocenters. The van der Waals surface area contributed by atoms with Gasteiger partial charge in [-0.15, -0.1) is 0 Å². The molecule has 1 rings (SSSR count). The Morgan fingerprint density at radius 3 is 2.56 bits per heavy atom. The molecule has 0 amide bonds. The maximum atomic E-state index is 8.81. The molecule has 2 atom stereocenters. The lowest BCUT2D eigenvalue weighted by Crippen LogP contribution is -2.27. The normalized spacial score (nSPS) is 37.7. The van der Waals surface area contributed by atoms with Crippen LogP contribution in [0.25, 0.3) is 0 Å². The third kappa shape index (κ3) is 1.43. The molecule has 0 aromatic carbocycles. The minimum absolute atomic E-state index is 0.320. The van der Waals surface area contributed by atoms with Crippen molar-refractivity contribution in [2.24, 2.45) is 5.92 Å². The summed E-state index contributed by atoms with van der Waals surface area (Å²) >= 11 is 0. The molecule has 1 N–H and O–H groups in total. The van der Waals surface area contributed by atoms with Gasteiger partial charge in [-0.1, -0.05) is 6.92 Å². The van der Waals surface area contributed by atoms with Crippen LogP contribution in [-0.2, 0) is 0 Å². The van der Waals surface area contributed by atoms with Gasteiger partial charge in [-0.3, -0.25) is 0 Å². The maximum absolute atomic E-state index is 8.81. The Labute approximate surface area is 56.5 Å². The Hall–Kier alpha value is -0.0800. The lowest BCUT2D eigenvalue weighted by atomic mass is 10.1. The summed E-state index contributed by atoms with van der Waals surface area (Å²) in [6.45, 7) is 3.69. The van der Waals surface area contributed by atoms with Gasteiger partial charge in [-0.25, -0.2) is 0 Å². The van der Waals surface area contributed by atoms with Crippen molar-refractivity contribution in [1.82, 2.24) is 4.90 Å². The molecule has 9 heavy (non-hydrogen) atoms. The molecule has 0 aromatic rings. The predicted octanol–water partition coefficient (Wildman–Crippen LogP) is 0.319. The third-order valence-electron chi connectivity index (χ3n) is 2.11. The second-order valence-corrected chi connectivity index (χ2v) is 3.12. The van der Waals surface area contributed by atoms with Crippen LogP contribution < -0.4 is 0 Å². The van der Waals surface area contributed by atoms with Crippen molar-refractivity contribution >= 4 is 0 Å². The molecular weight excluding hydrogens is 114 g/mol. The third-order valence-corrected chi connectivity index (χ3v) is 2.11. The average Bonchev–Trinajstić information content (AvgIpc) is 2.10. The van der Waals surface area contributed by atoms with Gasteiger partial charge in [0.2, 0.25) is 0 Å². The average molecular weight is 129 g/mol. The molecule has 2 heteroatoms. The first-order valence-corrected chi connectivity index (χ1v) is 3.55. The van der Waals surface area contributed by atoms with Crippen molar-refractivity contribution in [3.05, 3.63) is 0 Å². The van der Waals surface area contributed by atoms with Crippen LogP contribution in [0.1, 0.15) is 13.3 Å². The fourth-order valence-corrected chi connectivity index (χ4v) is 1.57. The lowest BCUT2D eigenvalue weighted by Gasteiger charge is -2.15. The van der Waals surface area contributed by atoms with Crippen LogP contribution in [0.15, 0.2) is 0 Å². The van der Waals surface area contributed by atoms with E-state index >= 15 is 0 Å². The van der Waals surface area contributed by atoms with E-state index in [2.05, 4.69) is 18.9 Å². The molecule has 0 saturated carbocycles. The van der Waals surface area contributed by atoms with Crippen LogP contribution in [0, 0.1) is 5.92 Å². The zero-order valence-electron chi connectivity index (χ0n) is 6.17. The molecule has 0 aliphatic carbocycles. The van der Waals surface area contributed by atoms with E-state index in [1.165, 1.54) is 0 Å². The predicted molar refractivity (Wildman–Crippen MR) is 37.3 cm³/mol. The molecule has 54 valence electrons. The standard InChI is InChI=1S/C7H15NO/c1-6-3-7(5-9)8(2)4-6/h6-7,9H,3-5H2,1-2H3/t6-,7+/m1/s1. The number of hydrogen-bond donors (Lipinski definition) is 1. The van der Waals surface area contributed by atoms with Crippen molar-refractivity contribution in [3.8, 4) is 0 Å². The molecule has 1 heterocycles. The van der Waals surface area contributed by atoms with Crippen LogP contribution >= 0.6 is 0 Å². The fourth-order valence-electron chi connectivity index (χ4n) is 1.57. The number of likely N-dealkylation sites (N-methyl/N-ethyl adjacent to an activating group) is 1. The molecule has 2 nitrogen and oxygen atoms in total. The zero-order valence-corrected chi connectivity index (χ0v) is 6.17. The van der Waals surface area contributed by atoms with Crippen LogP contribution in [-0.4, -0.2) is 36.2 Å². The lowest BCUT2D eigenvalue weighted by molar-refractivity contribution is 0.182. The molecule has 1 aliphatic rings. The largest absolute Gasteiger partial charge is 0.395 e. The monoisotopic (exact) mass is 129 g/mol. The van der Waals surface area contributed by atoms with Crippen molar-refractivity contribution in [1.29, 1.82) is 0 Å². The molecule has 0 bridgehead atoms. The van der Waals surface area contributed by atoms with E-state index in [9.17, 15) is 0 Å². The minimum atomic E-state index is 0.320. The molecule has 0 spiro atoms. The molecular formula is C7H15NO. The van der Waals surface area contributed by atoms with Crippen molar-refractivity contribution < 1.29 is 5.11 Å². The second kappa shape index (κ2) is 2.67. The van der Waals surface area contributed by atoms with Gasteiger partial charge in [0.05, 0.1) is 6.61 Å². The number of likely N-dealkylation sites (tertiary alicyclic amines) is 1. The van der Waals surface area contributed by atoms with Crippen LogP contribution in [0.2, 0.25) is 0 Å². The summed E-state index contributed by atoms with van der Waals surface area (Å²) in [6.07, 6.45) is 1.16. The van der Waals surface area contributed by atoms with Crippen LogP contribution in [0.3, 0.4) is 0 Å². The Kier molecular flexibility index (Phi) is 2.09. The second-order valence-electron chi connectivity index (χ2n) is 3.12. The van der Waals surface area contributed by atoms with Gasteiger partial charge in [0, 0.05) is 12.6 Å². The number of hydrogen-bond acceptors (Lipinski definition) is 2. The Bertz CT molecular complexity index is 94.9. The SMILES string of the molecule is C[C@@H]1C[C@@H](CO)N(C)C1. The summed E-state index contributed by atoms with van der Waals surface area (Å²) in [4.78, 5) is 2.23. The van der Waals surface area contributed by atoms with E-state index < -0.39 is 0 Å². The van der Waals surface area contributed by atoms with E-state index in [-0.39, 0.29) is 0 Å². The molecule has 1 fully saturated rings. The van der Waals surface area contributed by atoms with Gasteiger partial charge < -0.3 is 10.0 Å². The van der Waals surface area contributed by atoms with Crippen molar-refractivity contribution in [2.75, 3.05) is 20.2 Å². The summed E-state index contributed by atoms with van der Waals surface area (Å²) in [7, 11) is 2.07. The minimum Gasteiger partial charge on any atom is -0.395 e. The highest BCUT2D eigenvalue weighted by molar-refractivity contribution is 4.79. The number of rotatable bonds is 1. The highest BCUT2D eigenvalue weighted by atomic mass is 16.3. The highest BCUT2D eigenvalue weighted by Gasteiger charge is 2.25. The van der Waals surface area contributed by atoms with Gasteiger partial charge in [0.1, 0.15) is 0 Å². The highest BCUT2D eigenvalue weighted by Crippen LogP contribution is 2.19. The number of nitrogens with zero attached hydrogens (tertiary/aromatic N) is 1. The molecule has 0 aromatic heterocycles. The first-order valence-electron chi connectivity index (χ1n) is 3.55. The summed E-state index contributed by atoms with van der Waals surface area (Å²) < 4.78 is 0. The quantitative estimate of drug-likeness (QED) is 0.551. The van der Waals surface area contributed by atoms with Gasteiger partial charge in [0.15, 0.2) is 0 Å². The zero-order chi connectivity index (χ0) is 6.85. The van der Waals surface area contributed by atoms with Crippen LogP contribution in [0.5, 0.6) is 0 Å². The Balaban J connectivity index is 2.38. The topological polar surface area (TPSA) is 23.5 Å². The van der Waals surface area contributed by atoms with E-state index in [4.69, 9.17) is 5.11 Å². The fraction of sp³-hybridized carbons (Fsp3) is 1.00. The molecule has 0 radical (unpaired) electrons. The van der Waals surface area contributed by atoms with Gasteiger partial charge >= 0.3 is 0 Å². The first-order chi connectivity index (χ1) is 4.24. The summed E-state index contributed by atoms with van der Waals surface area (Å²) in [5.74, 6) is 0.771. The van der Waals surface area contributed by atoms with E-state index in [1.807, 2.05) is 0 Å². The van der Waals surface area contributed by atoms with Crippen LogP contribution in [0.4, 0.5) is 0 Å². The Morgan fingerprint density at radius 1 is 1.67 bits per heavy atom. The van der Waals surface area contributed by atoms with E-state index in [0.29, 0.717) is 12.6 Å². The van der Waals surface area contributed by atoms with Crippen molar-refractivity contribution in [3.63, 3.8) is 0 Å². The number of aliphatic hydroxyl groups excluding tert-OH is 1. The smallest absolute Gasteiger partial charge is 0.0586 e. The summed E-state index contributed by atoms with van der Waals surface area (Å²) in [5.41, 5.74) is 0. The van der Waals surface area contributed by atoms with Gasteiger partial charge in [-0.05, 0) is 19.4 Å². The summed E-state index contributed by atoms with van der Waals surface area (Å²) in [5, 5.41) is 8.81. The van der Waals surface area contributed by atoms with E-state index in [0.717, 1.165) is 18.9 Å². The Morgan fingerprint density at radius 2 is 2.33 bits per heavy atom. The van der Waals surface area contributed by atoms with Gasteiger partial charge in [-0.2, -0.15) is 0 Å². The maximum Gasteiger partial charge on any atom is 0.0586 e. The number of aliphatic hydroxyl groups is 1. The summed E-state index contributed by atoms with van der Waals surface area (Å²) in [6, 6.07) is 0.431. The molecule has 1 aliphatic heterocycles. The van der Waals surface area contributed by atoms with Crippen molar-refractivity contribution in [2.45, 2.75) is 19.4 Å². The first kappa shape index (κ1) is 7.03. The molecule has 1 saturated heterocycles. The van der Waals surface area contributed by atoms with E-state index in [1.54, 1.807) is 0 Å².